The van der Waals surface area contributed by atoms with E-state index in [1.165, 1.54) is 70.6 Å². The second-order valence-corrected chi connectivity index (χ2v) is 9.70. The molecule has 0 amide bonds. The van der Waals surface area contributed by atoms with Crippen molar-refractivity contribution in [1.82, 2.24) is 0 Å². The first kappa shape index (κ1) is 19.2. The molecule has 2 aliphatic carbocycles. The van der Waals surface area contributed by atoms with Gasteiger partial charge in [0.15, 0.2) is 0 Å². The summed E-state index contributed by atoms with van der Waals surface area (Å²) in [5.74, 6) is 4.08. The van der Waals surface area contributed by atoms with Crippen LogP contribution in [0, 0.1) is 29.6 Å². The van der Waals surface area contributed by atoms with Gasteiger partial charge in [-0.2, -0.15) is 0 Å². The predicted octanol–water partition coefficient (Wildman–Crippen LogP) is 6.52. The zero-order valence-corrected chi connectivity index (χ0v) is 16.7. The highest BCUT2D eigenvalue weighted by Gasteiger charge is 2.28. The highest BCUT2D eigenvalue weighted by Crippen LogP contribution is 2.38. The molecule has 0 aromatic rings. The zero-order chi connectivity index (χ0) is 17.6. The quantitative estimate of drug-likeness (QED) is 0.511. The lowest BCUT2D eigenvalue weighted by atomic mass is 9.75. The van der Waals surface area contributed by atoms with E-state index in [0.29, 0.717) is 0 Å². The SMILES string of the molecule is CC1CCC(CCC2CCC(CCC3CCC(C)C(=O)O3)CC2)CC1. The Morgan fingerprint density at radius 2 is 1.16 bits per heavy atom. The van der Waals surface area contributed by atoms with Gasteiger partial charge in [0, 0.05) is 0 Å². The smallest absolute Gasteiger partial charge is 0.308 e. The van der Waals surface area contributed by atoms with Crippen LogP contribution in [0.3, 0.4) is 0 Å². The van der Waals surface area contributed by atoms with Crippen molar-refractivity contribution in [3.63, 3.8) is 0 Å². The van der Waals surface area contributed by atoms with E-state index in [1.54, 1.807) is 0 Å². The van der Waals surface area contributed by atoms with Crippen molar-refractivity contribution < 1.29 is 9.53 Å². The van der Waals surface area contributed by atoms with E-state index in [4.69, 9.17) is 4.74 Å². The number of carbonyl (C=O) groups excluding carboxylic acids is 1. The Hall–Kier alpha value is -0.530. The van der Waals surface area contributed by atoms with Gasteiger partial charge in [0.25, 0.3) is 0 Å². The topological polar surface area (TPSA) is 26.3 Å². The lowest BCUT2D eigenvalue weighted by Crippen LogP contribution is -2.30. The highest BCUT2D eigenvalue weighted by molar-refractivity contribution is 5.72. The molecular weight excluding hydrogens is 308 g/mol. The molecule has 3 aliphatic rings. The van der Waals surface area contributed by atoms with Crippen LogP contribution in [0.15, 0.2) is 0 Å². The fourth-order valence-corrected chi connectivity index (χ4v) is 5.42. The summed E-state index contributed by atoms with van der Waals surface area (Å²) in [6, 6.07) is 0. The Bertz CT molecular complexity index is 402. The van der Waals surface area contributed by atoms with Crippen molar-refractivity contribution in [3.8, 4) is 0 Å². The Balaban J connectivity index is 1.26. The molecule has 1 aliphatic heterocycles. The van der Waals surface area contributed by atoms with Crippen LogP contribution in [0.25, 0.3) is 0 Å². The summed E-state index contributed by atoms with van der Waals surface area (Å²) in [5, 5.41) is 0. The van der Waals surface area contributed by atoms with Crippen LogP contribution in [0.5, 0.6) is 0 Å². The van der Waals surface area contributed by atoms with E-state index in [9.17, 15) is 4.79 Å². The van der Waals surface area contributed by atoms with Gasteiger partial charge < -0.3 is 4.74 Å². The van der Waals surface area contributed by atoms with Gasteiger partial charge in [-0.05, 0) is 49.4 Å². The maximum absolute atomic E-state index is 11.7. The molecule has 144 valence electrons. The zero-order valence-electron chi connectivity index (χ0n) is 16.7. The summed E-state index contributed by atoms with van der Waals surface area (Å²) >= 11 is 0. The predicted molar refractivity (Wildman–Crippen MR) is 103 cm³/mol. The monoisotopic (exact) mass is 348 g/mol. The molecule has 1 saturated heterocycles. The first-order valence-corrected chi connectivity index (χ1v) is 11.3. The molecule has 25 heavy (non-hydrogen) atoms. The lowest BCUT2D eigenvalue weighted by molar-refractivity contribution is -0.160. The standard InChI is InChI=1S/C23H40O2/c1-17-3-6-19(7-4-17)8-9-20-10-12-21(13-11-20)14-16-22-15-5-18(2)23(24)25-22/h17-22H,3-16H2,1-2H3. The second kappa shape index (κ2) is 9.42. The molecule has 3 rings (SSSR count). The summed E-state index contributed by atoms with van der Waals surface area (Å²) in [7, 11) is 0. The van der Waals surface area contributed by atoms with E-state index in [-0.39, 0.29) is 18.0 Å². The summed E-state index contributed by atoms with van der Waals surface area (Å²) in [4.78, 5) is 11.7. The summed E-state index contributed by atoms with van der Waals surface area (Å²) < 4.78 is 5.59. The first-order chi connectivity index (χ1) is 12.1. The lowest BCUT2D eigenvalue weighted by Gasteiger charge is -2.32. The maximum atomic E-state index is 11.7. The third-order valence-electron chi connectivity index (χ3n) is 7.59. The van der Waals surface area contributed by atoms with Crippen molar-refractivity contribution in [2.24, 2.45) is 29.6 Å². The van der Waals surface area contributed by atoms with Crippen molar-refractivity contribution >= 4 is 5.97 Å². The van der Waals surface area contributed by atoms with Crippen molar-refractivity contribution in [1.29, 1.82) is 0 Å². The van der Waals surface area contributed by atoms with E-state index < -0.39 is 0 Å². The highest BCUT2D eigenvalue weighted by atomic mass is 16.5. The number of rotatable bonds is 6. The van der Waals surface area contributed by atoms with Gasteiger partial charge >= 0.3 is 5.97 Å². The van der Waals surface area contributed by atoms with Crippen LogP contribution < -0.4 is 0 Å². The van der Waals surface area contributed by atoms with Crippen molar-refractivity contribution in [2.75, 3.05) is 0 Å². The largest absolute Gasteiger partial charge is 0.462 e. The molecule has 1 heterocycles. The Kier molecular flexibility index (Phi) is 7.25. The van der Waals surface area contributed by atoms with Gasteiger partial charge in [-0.25, -0.2) is 0 Å². The Morgan fingerprint density at radius 3 is 1.68 bits per heavy atom. The molecule has 2 heteroatoms. The average Bonchev–Trinajstić information content (AvgIpc) is 2.63. The van der Waals surface area contributed by atoms with Gasteiger partial charge in [0.1, 0.15) is 6.10 Å². The Morgan fingerprint density at radius 1 is 0.680 bits per heavy atom. The molecule has 0 bridgehead atoms. The second-order valence-electron chi connectivity index (χ2n) is 9.70. The number of hydrogen-bond acceptors (Lipinski definition) is 2. The van der Waals surface area contributed by atoms with Gasteiger partial charge in [0.05, 0.1) is 5.92 Å². The minimum atomic E-state index is 0.0389. The fraction of sp³-hybridized carbons (Fsp3) is 0.957. The summed E-state index contributed by atoms with van der Waals surface area (Å²) in [6.45, 7) is 4.42. The Labute approximate surface area is 155 Å². The normalized spacial score (nSPS) is 39.8. The maximum Gasteiger partial charge on any atom is 0.308 e. The van der Waals surface area contributed by atoms with Crippen molar-refractivity contribution in [2.45, 2.75) is 110 Å². The molecule has 2 unspecified atom stereocenters. The molecule has 2 atom stereocenters. The van der Waals surface area contributed by atoms with Crippen LogP contribution in [0.2, 0.25) is 0 Å². The average molecular weight is 349 g/mol. The van der Waals surface area contributed by atoms with Gasteiger partial charge in [-0.1, -0.05) is 78.1 Å². The van der Waals surface area contributed by atoms with Crippen molar-refractivity contribution in [3.05, 3.63) is 0 Å². The van der Waals surface area contributed by atoms with E-state index in [0.717, 1.165) is 42.9 Å². The molecule has 0 spiro atoms. The summed E-state index contributed by atoms with van der Waals surface area (Å²) in [6.07, 6.45) is 19.4. The van der Waals surface area contributed by atoms with E-state index in [1.807, 2.05) is 6.92 Å². The number of carbonyl (C=O) groups is 1. The molecule has 2 saturated carbocycles. The van der Waals surface area contributed by atoms with Crippen LogP contribution >= 0.6 is 0 Å². The number of hydrogen-bond donors (Lipinski definition) is 0. The van der Waals surface area contributed by atoms with Gasteiger partial charge in [-0.3, -0.25) is 4.79 Å². The molecule has 0 aromatic carbocycles. The molecule has 0 radical (unpaired) electrons. The summed E-state index contributed by atoms with van der Waals surface area (Å²) in [5.41, 5.74) is 0. The minimum absolute atomic E-state index is 0.0389. The number of ether oxygens (including phenoxy) is 1. The third-order valence-corrected chi connectivity index (χ3v) is 7.59. The van der Waals surface area contributed by atoms with Crippen LogP contribution in [-0.2, 0) is 9.53 Å². The molecule has 0 N–H and O–H groups in total. The van der Waals surface area contributed by atoms with E-state index in [2.05, 4.69) is 6.92 Å². The molecule has 0 aromatic heterocycles. The van der Waals surface area contributed by atoms with Gasteiger partial charge in [-0.15, -0.1) is 0 Å². The van der Waals surface area contributed by atoms with Gasteiger partial charge in [0.2, 0.25) is 0 Å². The van der Waals surface area contributed by atoms with Crippen LogP contribution in [0.1, 0.15) is 104 Å². The number of esters is 1. The van der Waals surface area contributed by atoms with E-state index >= 15 is 0 Å². The fourth-order valence-electron chi connectivity index (χ4n) is 5.42. The first-order valence-electron chi connectivity index (χ1n) is 11.3. The van der Waals surface area contributed by atoms with Crippen LogP contribution in [0.4, 0.5) is 0 Å². The molecular formula is C23H40O2. The van der Waals surface area contributed by atoms with Crippen LogP contribution in [-0.4, -0.2) is 12.1 Å². The minimum Gasteiger partial charge on any atom is -0.462 e. The third kappa shape index (κ3) is 6.00. The molecule has 2 nitrogen and oxygen atoms in total. The molecule has 3 fully saturated rings. The number of cyclic esters (lactones) is 1.